The van der Waals surface area contributed by atoms with Crippen molar-refractivity contribution in [1.29, 1.82) is 5.26 Å². The lowest BCUT2D eigenvalue weighted by atomic mass is 10.1. The maximum absolute atomic E-state index is 12.3. The van der Waals surface area contributed by atoms with E-state index in [1.165, 1.54) is 7.11 Å². The Morgan fingerprint density at radius 2 is 2.10 bits per heavy atom. The van der Waals surface area contributed by atoms with E-state index >= 15 is 0 Å². The molecule has 0 aromatic heterocycles. The Kier molecular flexibility index (Phi) is 4.89. The fourth-order valence-corrected chi connectivity index (χ4v) is 2.60. The van der Waals surface area contributed by atoms with E-state index in [9.17, 15) is 4.79 Å². The quantitative estimate of drug-likeness (QED) is 0.814. The fraction of sp³-hybridized carbons (Fsp3) is 0.0667. The van der Waals surface area contributed by atoms with Crippen LogP contribution in [0.15, 0.2) is 45.8 Å². The van der Waals surface area contributed by atoms with Gasteiger partial charge in [0.15, 0.2) is 0 Å². The number of carbonyl (C=O) groups is 1. The van der Waals surface area contributed by atoms with Gasteiger partial charge < -0.3 is 10.1 Å². The van der Waals surface area contributed by atoms with Crippen molar-refractivity contribution in [2.45, 2.75) is 4.90 Å². The second-order valence-corrected chi connectivity index (χ2v) is 5.54. The SMILES string of the molecule is COc1cc(C#N)ccc1NC(=O)c1ccc(Br)cc1S. The molecule has 0 radical (unpaired) electrons. The lowest BCUT2D eigenvalue weighted by Crippen LogP contribution is -2.13. The lowest BCUT2D eigenvalue weighted by Gasteiger charge is -2.11. The van der Waals surface area contributed by atoms with Crippen LogP contribution in [-0.4, -0.2) is 13.0 Å². The number of hydrogen-bond donors (Lipinski definition) is 2. The molecule has 1 N–H and O–H groups in total. The van der Waals surface area contributed by atoms with Crippen LogP contribution in [-0.2, 0) is 0 Å². The number of ether oxygens (including phenoxy) is 1. The van der Waals surface area contributed by atoms with Gasteiger partial charge in [0.25, 0.3) is 5.91 Å². The predicted molar refractivity (Wildman–Crippen MR) is 87.1 cm³/mol. The third kappa shape index (κ3) is 3.57. The summed E-state index contributed by atoms with van der Waals surface area (Å²) in [7, 11) is 1.48. The standard InChI is InChI=1S/C15H11BrN2O2S/c1-20-13-6-9(8-17)2-5-12(13)18-15(19)11-4-3-10(16)7-14(11)21/h2-7,21H,1H3,(H,18,19). The first-order chi connectivity index (χ1) is 10.0. The summed E-state index contributed by atoms with van der Waals surface area (Å²) >= 11 is 7.61. The number of hydrogen-bond acceptors (Lipinski definition) is 4. The summed E-state index contributed by atoms with van der Waals surface area (Å²) in [5, 5.41) is 11.6. The predicted octanol–water partition coefficient (Wildman–Crippen LogP) is 3.87. The molecule has 2 aromatic rings. The van der Waals surface area contributed by atoms with Crippen LogP contribution in [0.5, 0.6) is 5.75 Å². The molecule has 0 saturated heterocycles. The Balaban J connectivity index is 2.29. The van der Waals surface area contributed by atoms with E-state index in [0.29, 0.717) is 27.5 Å². The minimum atomic E-state index is -0.296. The second kappa shape index (κ2) is 6.66. The molecule has 21 heavy (non-hydrogen) atoms. The Morgan fingerprint density at radius 3 is 2.71 bits per heavy atom. The van der Waals surface area contributed by atoms with Crippen LogP contribution in [0.25, 0.3) is 0 Å². The molecule has 0 bridgehead atoms. The van der Waals surface area contributed by atoms with Crippen molar-refractivity contribution in [1.82, 2.24) is 0 Å². The number of benzene rings is 2. The minimum Gasteiger partial charge on any atom is -0.495 e. The van der Waals surface area contributed by atoms with Gasteiger partial charge in [-0.3, -0.25) is 4.79 Å². The van der Waals surface area contributed by atoms with E-state index in [-0.39, 0.29) is 5.91 Å². The lowest BCUT2D eigenvalue weighted by molar-refractivity contribution is 0.102. The zero-order valence-corrected chi connectivity index (χ0v) is 13.5. The number of nitrogens with zero attached hydrogens (tertiary/aromatic N) is 1. The highest BCUT2D eigenvalue weighted by Gasteiger charge is 2.13. The van der Waals surface area contributed by atoms with Crippen molar-refractivity contribution in [2.75, 3.05) is 12.4 Å². The van der Waals surface area contributed by atoms with Crippen LogP contribution in [0.4, 0.5) is 5.69 Å². The first kappa shape index (κ1) is 15.4. The van der Waals surface area contributed by atoms with Crippen molar-refractivity contribution in [3.8, 4) is 11.8 Å². The van der Waals surface area contributed by atoms with Gasteiger partial charge in [0.2, 0.25) is 0 Å². The maximum atomic E-state index is 12.3. The summed E-state index contributed by atoms with van der Waals surface area (Å²) < 4.78 is 6.03. The molecule has 106 valence electrons. The van der Waals surface area contributed by atoms with Crippen molar-refractivity contribution in [3.63, 3.8) is 0 Å². The normalized spacial score (nSPS) is 9.81. The summed E-state index contributed by atoms with van der Waals surface area (Å²) in [6, 6.07) is 12.0. The van der Waals surface area contributed by atoms with Gasteiger partial charge in [0.1, 0.15) is 5.75 Å². The van der Waals surface area contributed by atoms with Crippen LogP contribution in [0.1, 0.15) is 15.9 Å². The summed E-state index contributed by atoms with van der Waals surface area (Å²) in [5.74, 6) is 0.135. The van der Waals surface area contributed by atoms with E-state index < -0.39 is 0 Å². The Labute approximate surface area is 136 Å². The van der Waals surface area contributed by atoms with E-state index in [0.717, 1.165) is 4.47 Å². The molecule has 0 aliphatic heterocycles. The van der Waals surface area contributed by atoms with Crippen molar-refractivity contribution in [2.24, 2.45) is 0 Å². The monoisotopic (exact) mass is 362 g/mol. The number of rotatable bonds is 3. The number of amides is 1. The molecule has 4 nitrogen and oxygen atoms in total. The number of nitrogens with one attached hydrogen (secondary N) is 1. The van der Waals surface area contributed by atoms with Crippen molar-refractivity contribution < 1.29 is 9.53 Å². The van der Waals surface area contributed by atoms with Gasteiger partial charge >= 0.3 is 0 Å². The van der Waals surface area contributed by atoms with E-state index in [2.05, 4.69) is 33.9 Å². The zero-order valence-electron chi connectivity index (χ0n) is 11.1. The van der Waals surface area contributed by atoms with Crippen LogP contribution in [0, 0.1) is 11.3 Å². The highest BCUT2D eigenvalue weighted by atomic mass is 79.9. The molecule has 0 fully saturated rings. The number of nitriles is 1. The highest BCUT2D eigenvalue weighted by molar-refractivity contribution is 9.10. The Bertz CT molecular complexity index is 741. The van der Waals surface area contributed by atoms with Crippen molar-refractivity contribution in [3.05, 3.63) is 52.0 Å². The molecular formula is C15H11BrN2O2S. The summed E-state index contributed by atoms with van der Waals surface area (Å²) in [6.07, 6.45) is 0. The highest BCUT2D eigenvalue weighted by Crippen LogP contribution is 2.27. The number of anilines is 1. The van der Waals surface area contributed by atoms with Gasteiger partial charge in [-0.1, -0.05) is 15.9 Å². The number of methoxy groups -OCH3 is 1. The van der Waals surface area contributed by atoms with Crippen LogP contribution in [0.3, 0.4) is 0 Å². The molecule has 2 aromatic carbocycles. The molecule has 0 unspecified atom stereocenters. The molecule has 6 heteroatoms. The molecule has 2 rings (SSSR count). The maximum Gasteiger partial charge on any atom is 0.256 e. The zero-order chi connectivity index (χ0) is 15.4. The number of halogens is 1. The van der Waals surface area contributed by atoms with Gasteiger partial charge in [-0.05, 0) is 30.3 Å². The van der Waals surface area contributed by atoms with Crippen LogP contribution >= 0.6 is 28.6 Å². The number of carbonyl (C=O) groups excluding carboxylic acids is 1. The third-order valence-corrected chi connectivity index (χ3v) is 3.65. The Hall–Kier alpha value is -1.97. The number of thiol groups is 1. The molecular weight excluding hydrogens is 352 g/mol. The van der Waals surface area contributed by atoms with E-state index in [1.807, 2.05) is 6.07 Å². The average molecular weight is 363 g/mol. The van der Waals surface area contributed by atoms with Gasteiger partial charge in [-0.2, -0.15) is 5.26 Å². The minimum absolute atomic E-state index is 0.296. The molecule has 0 atom stereocenters. The smallest absolute Gasteiger partial charge is 0.256 e. The van der Waals surface area contributed by atoms with Crippen molar-refractivity contribution >= 4 is 40.2 Å². The average Bonchev–Trinajstić information content (AvgIpc) is 2.47. The van der Waals surface area contributed by atoms with Gasteiger partial charge in [0.05, 0.1) is 30.0 Å². The van der Waals surface area contributed by atoms with Gasteiger partial charge in [0, 0.05) is 15.4 Å². The molecule has 0 spiro atoms. The third-order valence-electron chi connectivity index (χ3n) is 2.78. The van der Waals surface area contributed by atoms with Crippen LogP contribution < -0.4 is 10.1 Å². The molecule has 1 amide bonds. The first-order valence-electron chi connectivity index (χ1n) is 5.93. The Morgan fingerprint density at radius 1 is 1.33 bits per heavy atom. The molecule has 0 saturated carbocycles. The van der Waals surface area contributed by atoms with Crippen LogP contribution in [0.2, 0.25) is 0 Å². The fourth-order valence-electron chi connectivity index (χ4n) is 1.75. The summed E-state index contributed by atoms with van der Waals surface area (Å²) in [6.45, 7) is 0. The van der Waals surface area contributed by atoms with Gasteiger partial charge in [-0.25, -0.2) is 0 Å². The molecule has 0 aliphatic rings. The largest absolute Gasteiger partial charge is 0.495 e. The van der Waals surface area contributed by atoms with E-state index in [4.69, 9.17) is 10.00 Å². The summed E-state index contributed by atoms with van der Waals surface area (Å²) in [5.41, 5.74) is 1.41. The van der Waals surface area contributed by atoms with Gasteiger partial charge in [-0.15, -0.1) is 12.6 Å². The molecule has 0 aliphatic carbocycles. The van der Waals surface area contributed by atoms with E-state index in [1.54, 1.807) is 36.4 Å². The first-order valence-corrected chi connectivity index (χ1v) is 7.17. The topological polar surface area (TPSA) is 62.1 Å². The second-order valence-electron chi connectivity index (χ2n) is 4.14. The summed E-state index contributed by atoms with van der Waals surface area (Å²) in [4.78, 5) is 12.8. The molecule has 0 heterocycles.